The molecule has 18 heteroatoms. The molecule has 0 spiro atoms. The second kappa shape index (κ2) is 27.5. The molecule has 2 heterocycles. The lowest BCUT2D eigenvalue weighted by Gasteiger charge is -2.49. The van der Waals surface area contributed by atoms with Crippen LogP contribution in [0.1, 0.15) is 79.6 Å². The van der Waals surface area contributed by atoms with Gasteiger partial charge < -0.3 is 57.6 Å². The Hall–Kier alpha value is -4.98. The molecule has 354 valence electrons. The molecule has 3 aromatic rings. The van der Waals surface area contributed by atoms with Crippen molar-refractivity contribution in [3.8, 4) is 0 Å². The van der Waals surface area contributed by atoms with Crippen LogP contribution in [-0.2, 0) is 81.5 Å². The summed E-state index contributed by atoms with van der Waals surface area (Å²) >= 11 is 0. The zero-order valence-electron chi connectivity index (χ0n) is 39.7. The maximum Gasteiger partial charge on any atom is 0.305 e. The van der Waals surface area contributed by atoms with Crippen molar-refractivity contribution in [2.24, 2.45) is 5.11 Å². The standard InChI is InChI=1S/C47H61N3O15/c1-31(51)58-30-36-39(59-27-33-19-11-8-12-20-33)42(60-28-34-21-13-9-14-22-34)43(61-29-35-23-15-10-16-24-35)47(63-36)65-44-40(62-32(2)52)38(54)41(45(55)49-50-48)64-46(44)57-26-18-7-5-4-6-17-25-37(53)56-3/h8-16,19-24,36,38-47,54-55H,4-7,17-18,25-30H2,1-3H3/t36-,38+,39-,40+,41+,42+,43-,44-,45?,46+,47?/m1/s1/i27D,28D,29D/t27?,28?,29?,36-,38+,39-,40+,41+,42+,43-,44-,45?,46+,47?. The fraction of sp³-hybridized carbons (Fsp3) is 0.553. The van der Waals surface area contributed by atoms with Crippen LogP contribution in [0.5, 0.6) is 0 Å². The summed E-state index contributed by atoms with van der Waals surface area (Å²) in [6.07, 6.45) is -13.3. The predicted molar refractivity (Wildman–Crippen MR) is 231 cm³/mol. The molecule has 0 saturated carbocycles. The normalized spacial score (nSPS) is 27.9. The molecule has 18 nitrogen and oxygen atoms in total. The molecule has 5 unspecified atom stereocenters. The molecule has 14 atom stereocenters. The van der Waals surface area contributed by atoms with E-state index >= 15 is 0 Å². The Labute approximate surface area is 383 Å². The number of carbonyl (C=O) groups is 3. The number of nitrogens with zero attached hydrogens (tertiary/aromatic N) is 3. The van der Waals surface area contributed by atoms with Crippen LogP contribution < -0.4 is 0 Å². The summed E-state index contributed by atoms with van der Waals surface area (Å²) in [6, 6.07) is 25.6. The van der Waals surface area contributed by atoms with Gasteiger partial charge in [0.05, 0.1) is 31.0 Å². The van der Waals surface area contributed by atoms with Crippen LogP contribution in [-0.4, -0.2) is 116 Å². The number of rotatable bonds is 26. The van der Waals surface area contributed by atoms with Crippen LogP contribution in [0.4, 0.5) is 0 Å². The van der Waals surface area contributed by atoms with Gasteiger partial charge in [0.2, 0.25) is 0 Å². The molecular formula is C47H61N3O15. The quantitative estimate of drug-likeness (QED) is 0.0235. The molecule has 2 N–H and O–H groups in total. The van der Waals surface area contributed by atoms with E-state index in [9.17, 15) is 32.9 Å². The number of carbonyl (C=O) groups excluding carboxylic acids is 3. The average Bonchev–Trinajstić information content (AvgIpc) is 3.34. The van der Waals surface area contributed by atoms with Crippen molar-refractivity contribution in [3.63, 3.8) is 0 Å². The van der Waals surface area contributed by atoms with E-state index in [1.165, 1.54) is 14.0 Å². The highest BCUT2D eigenvalue weighted by Gasteiger charge is 2.55. The smallest absolute Gasteiger partial charge is 0.305 e. The largest absolute Gasteiger partial charge is 0.469 e. The van der Waals surface area contributed by atoms with Gasteiger partial charge >= 0.3 is 17.9 Å². The Morgan fingerprint density at radius 3 is 1.78 bits per heavy atom. The van der Waals surface area contributed by atoms with Crippen molar-refractivity contribution in [2.45, 2.75) is 146 Å². The van der Waals surface area contributed by atoms with Crippen molar-refractivity contribution in [2.75, 3.05) is 20.3 Å². The first-order chi connectivity index (χ1) is 32.8. The maximum absolute atomic E-state index is 12.8. The third kappa shape index (κ3) is 16.4. The lowest BCUT2D eigenvalue weighted by atomic mass is 9.95. The number of hydrogen-bond acceptors (Lipinski definition) is 16. The van der Waals surface area contributed by atoms with Gasteiger partial charge in [0.25, 0.3) is 0 Å². The number of azide groups is 1. The van der Waals surface area contributed by atoms with Gasteiger partial charge in [-0.1, -0.05) is 122 Å². The Morgan fingerprint density at radius 2 is 1.25 bits per heavy atom. The zero-order valence-corrected chi connectivity index (χ0v) is 36.7. The van der Waals surface area contributed by atoms with Crippen LogP contribution in [0, 0.1) is 0 Å². The van der Waals surface area contributed by atoms with Crippen LogP contribution in [0.25, 0.3) is 10.4 Å². The van der Waals surface area contributed by atoms with Crippen molar-refractivity contribution in [1.29, 1.82) is 0 Å². The van der Waals surface area contributed by atoms with Gasteiger partial charge in [-0.2, -0.15) is 0 Å². The van der Waals surface area contributed by atoms with E-state index in [0.29, 0.717) is 42.4 Å². The number of methoxy groups -OCH3 is 1. The van der Waals surface area contributed by atoms with E-state index in [-0.39, 0.29) is 12.6 Å². The lowest BCUT2D eigenvalue weighted by molar-refractivity contribution is -0.379. The highest BCUT2D eigenvalue weighted by atomic mass is 16.8. The van der Waals surface area contributed by atoms with Crippen molar-refractivity contribution in [1.82, 2.24) is 0 Å². The van der Waals surface area contributed by atoms with Crippen molar-refractivity contribution >= 4 is 17.9 Å². The van der Waals surface area contributed by atoms with Crippen molar-refractivity contribution < 1.29 is 76.1 Å². The van der Waals surface area contributed by atoms with E-state index in [0.717, 1.165) is 26.2 Å². The summed E-state index contributed by atoms with van der Waals surface area (Å²) in [5.74, 6) is -1.85. The van der Waals surface area contributed by atoms with E-state index in [1.54, 1.807) is 91.0 Å². The number of aliphatic hydroxyl groups excluding tert-OH is 2. The van der Waals surface area contributed by atoms with Gasteiger partial charge in [0.15, 0.2) is 31.0 Å². The monoisotopic (exact) mass is 910 g/mol. The molecule has 5 rings (SSSR count). The molecule has 2 aliphatic rings. The highest BCUT2D eigenvalue weighted by Crippen LogP contribution is 2.36. The van der Waals surface area contributed by atoms with E-state index < -0.39 is 106 Å². The third-order valence-electron chi connectivity index (χ3n) is 10.4. The van der Waals surface area contributed by atoms with E-state index in [2.05, 4.69) is 10.0 Å². The van der Waals surface area contributed by atoms with Gasteiger partial charge in [-0.25, -0.2) is 0 Å². The predicted octanol–water partition coefficient (Wildman–Crippen LogP) is 5.98. The Kier molecular flexibility index (Phi) is 19.7. The second-order valence-electron chi connectivity index (χ2n) is 15.3. The van der Waals surface area contributed by atoms with Crippen LogP contribution >= 0.6 is 0 Å². The number of hydrogen-bond donors (Lipinski definition) is 2. The molecule has 0 radical (unpaired) electrons. The molecule has 2 fully saturated rings. The first-order valence-corrected chi connectivity index (χ1v) is 21.5. The molecular weight excluding hydrogens is 847 g/mol. The summed E-state index contributed by atoms with van der Waals surface area (Å²) in [4.78, 5) is 39.3. The Balaban J connectivity index is 1.56. The van der Waals surface area contributed by atoms with E-state index in [4.69, 9.17) is 48.7 Å². The fourth-order valence-electron chi connectivity index (χ4n) is 7.20. The second-order valence-corrected chi connectivity index (χ2v) is 15.3. The first-order valence-electron chi connectivity index (χ1n) is 23.3. The number of unbranched alkanes of at least 4 members (excludes halogenated alkanes) is 5. The summed E-state index contributed by atoms with van der Waals surface area (Å²) in [5.41, 5.74) is 10.4. The lowest BCUT2D eigenvalue weighted by Crippen LogP contribution is -2.67. The Morgan fingerprint density at radius 1 is 0.708 bits per heavy atom. The van der Waals surface area contributed by atoms with Crippen LogP contribution in [0.3, 0.4) is 0 Å². The minimum absolute atomic E-state index is 0.0207. The van der Waals surface area contributed by atoms with Crippen molar-refractivity contribution in [3.05, 3.63) is 118 Å². The van der Waals surface area contributed by atoms with E-state index in [1.807, 2.05) is 0 Å². The molecule has 0 aliphatic carbocycles. The maximum atomic E-state index is 12.8. The molecule has 0 aromatic heterocycles. The summed E-state index contributed by atoms with van der Waals surface area (Å²) < 4.78 is 88.4. The minimum atomic E-state index is -1.99. The molecule has 3 aromatic carbocycles. The Bertz CT molecular complexity index is 2030. The molecule has 0 amide bonds. The zero-order chi connectivity index (χ0) is 49.0. The first kappa shape index (κ1) is 46.5. The molecule has 2 saturated heterocycles. The van der Waals surface area contributed by atoms with Crippen LogP contribution in [0.15, 0.2) is 96.1 Å². The van der Waals surface area contributed by atoms with Gasteiger partial charge in [-0.3, -0.25) is 14.4 Å². The highest BCUT2D eigenvalue weighted by molar-refractivity contribution is 5.69. The fourth-order valence-corrected chi connectivity index (χ4v) is 7.20. The van der Waals surface area contributed by atoms with Gasteiger partial charge in [-0.15, -0.1) is 0 Å². The van der Waals surface area contributed by atoms with Gasteiger partial charge in [-0.05, 0) is 35.1 Å². The third-order valence-corrected chi connectivity index (χ3v) is 10.4. The number of benzene rings is 3. The minimum Gasteiger partial charge on any atom is -0.469 e. The molecule has 0 bridgehead atoms. The van der Waals surface area contributed by atoms with Crippen LogP contribution in [0.2, 0.25) is 0 Å². The number of ether oxygens (including phenoxy) is 10. The summed E-state index contributed by atoms with van der Waals surface area (Å²) in [7, 11) is 1.34. The van der Waals surface area contributed by atoms with Gasteiger partial charge in [0.1, 0.15) is 43.2 Å². The summed E-state index contributed by atoms with van der Waals surface area (Å²) in [6.45, 7) is -2.50. The topological polar surface area (TPSA) is 233 Å². The summed E-state index contributed by atoms with van der Waals surface area (Å²) in [5, 5.41) is 25.8. The SMILES string of the molecule is [2H]C(O[C@H]1[C@H](OC([2H])c2ccccc2)[C@@H](OC([2H])c2ccccc2)C(O[C@H]2[C@@H](OCCCCCCCCC(=O)OC)O[C@H](C(O)N=[N+]=[N-])[C@@H](O)[C@@H]2OC(C)=O)O[C@@H]1COC(C)=O)c1ccccc1. The molecule has 2 aliphatic heterocycles. The average molecular weight is 911 g/mol. The van der Waals surface area contributed by atoms with Gasteiger partial charge in [0, 0.05) is 31.8 Å². The molecule has 65 heavy (non-hydrogen) atoms. The number of esters is 3. The number of aliphatic hydroxyl groups is 2.